The first kappa shape index (κ1) is 4.23. The van der Waals surface area contributed by atoms with Crippen LogP contribution < -0.4 is 0 Å². The van der Waals surface area contributed by atoms with Crippen molar-refractivity contribution >= 4 is 0 Å². The molecule has 0 aromatic carbocycles. The summed E-state index contributed by atoms with van der Waals surface area (Å²) in [5, 5.41) is 3.47. The lowest BCUT2D eigenvalue weighted by Gasteiger charge is -1.82. The summed E-state index contributed by atoms with van der Waals surface area (Å²) in [4.78, 5) is 3.50. The molecule has 4 heteroatoms. The molecule has 0 amide bonds. The Morgan fingerprint density at radius 1 is 1.71 bits per heavy atom. The molecule has 1 aromatic heterocycles. The van der Waals surface area contributed by atoms with E-state index in [1.807, 2.05) is 0 Å². The molecule has 0 spiro atoms. The van der Waals surface area contributed by atoms with E-state index in [0.29, 0.717) is 0 Å². The van der Waals surface area contributed by atoms with Gasteiger partial charge in [0.05, 0.1) is 0 Å². The fraction of sp³-hybridized carbons (Fsp3) is 0.333. The SMILES string of the molecule is FCn1cncn1. The van der Waals surface area contributed by atoms with Gasteiger partial charge in [-0.3, -0.25) is 0 Å². The monoisotopic (exact) mass is 101 g/mol. The highest BCUT2D eigenvalue weighted by atomic mass is 19.1. The molecule has 0 aliphatic heterocycles. The lowest BCUT2D eigenvalue weighted by atomic mass is 11.2. The van der Waals surface area contributed by atoms with Gasteiger partial charge in [0.1, 0.15) is 12.7 Å². The summed E-state index contributed by atoms with van der Waals surface area (Å²) in [6.07, 6.45) is 2.61. The first-order valence-electron chi connectivity index (χ1n) is 1.82. The number of rotatable bonds is 1. The van der Waals surface area contributed by atoms with Gasteiger partial charge in [0.2, 0.25) is 0 Å². The Balaban J connectivity index is 2.76. The van der Waals surface area contributed by atoms with Crippen LogP contribution in [0.3, 0.4) is 0 Å². The third kappa shape index (κ3) is 0.734. The Labute approximate surface area is 39.8 Å². The summed E-state index contributed by atoms with van der Waals surface area (Å²) >= 11 is 0. The summed E-state index contributed by atoms with van der Waals surface area (Å²) in [5.41, 5.74) is 0. The number of alkyl halides is 1. The summed E-state index contributed by atoms with van der Waals surface area (Å²) in [5.74, 6) is 0. The van der Waals surface area contributed by atoms with E-state index < -0.39 is 6.80 Å². The zero-order valence-electron chi connectivity index (χ0n) is 3.58. The third-order valence-corrected chi connectivity index (χ3v) is 0.589. The lowest BCUT2D eigenvalue weighted by Crippen LogP contribution is -1.90. The first-order chi connectivity index (χ1) is 3.43. The fourth-order valence-corrected chi connectivity index (χ4v) is 0.294. The van der Waals surface area contributed by atoms with Gasteiger partial charge in [0.25, 0.3) is 0 Å². The minimum absolute atomic E-state index is 0.597. The van der Waals surface area contributed by atoms with E-state index in [-0.39, 0.29) is 0 Å². The first-order valence-corrected chi connectivity index (χ1v) is 1.82. The molecule has 3 nitrogen and oxygen atoms in total. The van der Waals surface area contributed by atoms with Gasteiger partial charge in [-0.2, -0.15) is 5.10 Å². The van der Waals surface area contributed by atoms with Crippen molar-refractivity contribution in [3.63, 3.8) is 0 Å². The van der Waals surface area contributed by atoms with Crippen LogP contribution in [0.15, 0.2) is 12.7 Å². The average molecular weight is 101 g/mol. The van der Waals surface area contributed by atoms with Crippen molar-refractivity contribution in [1.82, 2.24) is 14.8 Å². The topological polar surface area (TPSA) is 30.7 Å². The quantitative estimate of drug-likeness (QED) is 0.506. The predicted octanol–water partition coefficient (Wildman–Crippen LogP) is 0.205. The maximum Gasteiger partial charge on any atom is 0.183 e. The summed E-state index contributed by atoms with van der Waals surface area (Å²) in [6.45, 7) is -0.597. The molecule has 0 aliphatic carbocycles. The van der Waals surface area contributed by atoms with Gasteiger partial charge < -0.3 is 0 Å². The average Bonchev–Trinajstić information content (AvgIpc) is 2.14. The van der Waals surface area contributed by atoms with Crippen molar-refractivity contribution in [2.24, 2.45) is 0 Å². The molecule has 7 heavy (non-hydrogen) atoms. The number of hydrogen-bond acceptors (Lipinski definition) is 2. The van der Waals surface area contributed by atoms with Crippen molar-refractivity contribution in [2.75, 3.05) is 0 Å². The largest absolute Gasteiger partial charge is 0.225 e. The molecule has 1 heterocycles. The minimum atomic E-state index is -0.597. The Kier molecular flexibility index (Phi) is 1.02. The van der Waals surface area contributed by atoms with Crippen molar-refractivity contribution in [3.8, 4) is 0 Å². The van der Waals surface area contributed by atoms with E-state index in [1.165, 1.54) is 12.7 Å². The second kappa shape index (κ2) is 1.68. The van der Waals surface area contributed by atoms with Crippen molar-refractivity contribution in [2.45, 2.75) is 6.80 Å². The van der Waals surface area contributed by atoms with Crippen LogP contribution in [-0.4, -0.2) is 14.8 Å². The summed E-state index contributed by atoms with van der Waals surface area (Å²) in [6, 6.07) is 0. The minimum Gasteiger partial charge on any atom is -0.225 e. The normalized spacial score (nSPS) is 9.29. The summed E-state index contributed by atoms with van der Waals surface area (Å²) in [7, 11) is 0. The Bertz CT molecular complexity index is 125. The summed E-state index contributed by atoms with van der Waals surface area (Å²) < 4.78 is 12.5. The van der Waals surface area contributed by atoms with E-state index in [2.05, 4.69) is 10.1 Å². The van der Waals surface area contributed by atoms with Crippen LogP contribution in [0.4, 0.5) is 4.39 Å². The van der Waals surface area contributed by atoms with Gasteiger partial charge in [-0.05, 0) is 0 Å². The van der Waals surface area contributed by atoms with Crippen molar-refractivity contribution < 1.29 is 4.39 Å². The van der Waals surface area contributed by atoms with Gasteiger partial charge in [0.15, 0.2) is 6.80 Å². The second-order valence-electron chi connectivity index (χ2n) is 1.05. The van der Waals surface area contributed by atoms with Gasteiger partial charge in [0, 0.05) is 0 Å². The highest BCUT2D eigenvalue weighted by Crippen LogP contribution is 1.77. The molecule has 0 bridgehead atoms. The molecule has 0 aliphatic rings. The Morgan fingerprint density at radius 3 is 2.86 bits per heavy atom. The van der Waals surface area contributed by atoms with Gasteiger partial charge in [-0.25, -0.2) is 14.1 Å². The van der Waals surface area contributed by atoms with E-state index in [9.17, 15) is 4.39 Å². The molecule has 1 rings (SSSR count). The van der Waals surface area contributed by atoms with Gasteiger partial charge >= 0.3 is 0 Å². The van der Waals surface area contributed by atoms with Crippen LogP contribution in [0, 0.1) is 0 Å². The van der Waals surface area contributed by atoms with E-state index in [0.717, 1.165) is 4.68 Å². The van der Waals surface area contributed by atoms with Crippen LogP contribution in [0.25, 0.3) is 0 Å². The second-order valence-corrected chi connectivity index (χ2v) is 1.05. The molecule has 0 saturated carbocycles. The maximum atomic E-state index is 11.4. The number of halogens is 1. The zero-order chi connectivity index (χ0) is 5.11. The lowest BCUT2D eigenvalue weighted by molar-refractivity contribution is 0.349. The van der Waals surface area contributed by atoms with E-state index in [4.69, 9.17) is 0 Å². The van der Waals surface area contributed by atoms with Crippen molar-refractivity contribution in [1.29, 1.82) is 0 Å². The number of hydrogen-bond donors (Lipinski definition) is 0. The highest BCUT2D eigenvalue weighted by Gasteiger charge is 1.81. The number of nitrogens with zero attached hydrogens (tertiary/aromatic N) is 3. The highest BCUT2D eigenvalue weighted by molar-refractivity contribution is 4.51. The molecule has 0 radical (unpaired) electrons. The van der Waals surface area contributed by atoms with Crippen molar-refractivity contribution in [3.05, 3.63) is 12.7 Å². The molecule has 1 aromatic rings. The Hall–Kier alpha value is -0.930. The van der Waals surface area contributed by atoms with E-state index in [1.54, 1.807) is 0 Å². The maximum absolute atomic E-state index is 11.4. The fourth-order valence-electron chi connectivity index (χ4n) is 0.294. The van der Waals surface area contributed by atoms with Gasteiger partial charge in [-0.1, -0.05) is 0 Å². The van der Waals surface area contributed by atoms with E-state index >= 15 is 0 Å². The van der Waals surface area contributed by atoms with Gasteiger partial charge in [-0.15, -0.1) is 0 Å². The molecule has 0 unspecified atom stereocenters. The number of aromatic nitrogens is 3. The standard InChI is InChI=1S/C3H4FN3/c4-1-7-3-5-2-6-7/h2-3H,1H2. The smallest absolute Gasteiger partial charge is 0.183 e. The zero-order valence-corrected chi connectivity index (χ0v) is 3.58. The molecule has 38 valence electrons. The van der Waals surface area contributed by atoms with Crippen LogP contribution in [-0.2, 0) is 6.80 Å². The predicted molar refractivity (Wildman–Crippen MR) is 21.1 cm³/mol. The molecule has 0 atom stereocenters. The molecule has 0 saturated heterocycles. The van der Waals surface area contributed by atoms with Crippen LogP contribution >= 0.6 is 0 Å². The molecule has 0 N–H and O–H groups in total. The van der Waals surface area contributed by atoms with Crippen LogP contribution in [0.2, 0.25) is 0 Å². The molecular formula is C3H4FN3. The van der Waals surface area contributed by atoms with Crippen LogP contribution in [0.5, 0.6) is 0 Å². The molecular weight excluding hydrogens is 97.1 g/mol. The Morgan fingerprint density at radius 2 is 2.57 bits per heavy atom. The molecule has 0 fully saturated rings. The third-order valence-electron chi connectivity index (χ3n) is 0.589. The van der Waals surface area contributed by atoms with Crippen LogP contribution in [0.1, 0.15) is 0 Å².